The third kappa shape index (κ3) is 3.34. The normalized spacial score (nSPS) is 17.6. The van der Waals surface area contributed by atoms with E-state index < -0.39 is 9.84 Å². The van der Waals surface area contributed by atoms with Gasteiger partial charge in [-0.25, -0.2) is 23.4 Å². The van der Waals surface area contributed by atoms with Crippen LogP contribution in [0.4, 0.5) is 11.6 Å². The Hall–Kier alpha value is -2.68. The largest absolute Gasteiger partial charge is 0.354 e. The number of nitrogens with one attached hydrogen (secondary N) is 1. The van der Waals surface area contributed by atoms with Crippen LogP contribution in [-0.4, -0.2) is 60.3 Å². The number of sulfone groups is 1. The fourth-order valence-corrected chi connectivity index (χ4v) is 4.23. The number of hydrogen-bond donors (Lipinski definition) is 1. The molecule has 0 aliphatic carbocycles. The number of pyridine rings is 1. The second-order valence-corrected chi connectivity index (χ2v) is 8.75. The van der Waals surface area contributed by atoms with Crippen molar-refractivity contribution in [3.8, 4) is 0 Å². The minimum absolute atomic E-state index is 0.242. The van der Waals surface area contributed by atoms with Crippen molar-refractivity contribution in [1.29, 1.82) is 0 Å². The average molecular weight is 386 g/mol. The Kier molecular flexibility index (Phi) is 4.47. The number of aromatic nitrogens is 4. The third-order valence-corrected chi connectivity index (χ3v) is 6.12. The minimum atomic E-state index is -3.24. The molecule has 27 heavy (non-hydrogen) atoms. The van der Waals surface area contributed by atoms with E-state index in [1.54, 1.807) is 18.5 Å². The molecule has 142 valence electrons. The lowest BCUT2D eigenvalue weighted by Crippen LogP contribution is -2.38. The Morgan fingerprint density at radius 3 is 2.81 bits per heavy atom. The molecule has 0 bridgehead atoms. The fraction of sp³-hybridized carbons (Fsp3) is 0.389. The summed E-state index contributed by atoms with van der Waals surface area (Å²) in [6, 6.07) is 5.70. The maximum absolute atomic E-state index is 11.6. The van der Waals surface area contributed by atoms with Crippen LogP contribution in [0.1, 0.15) is 13.3 Å². The van der Waals surface area contributed by atoms with Crippen molar-refractivity contribution in [1.82, 2.24) is 19.9 Å². The van der Waals surface area contributed by atoms with E-state index in [4.69, 9.17) is 0 Å². The van der Waals surface area contributed by atoms with Gasteiger partial charge in [0.15, 0.2) is 9.84 Å². The highest BCUT2D eigenvalue weighted by Gasteiger charge is 2.29. The van der Waals surface area contributed by atoms with E-state index in [-0.39, 0.29) is 10.9 Å². The molecule has 8 nitrogen and oxygen atoms in total. The van der Waals surface area contributed by atoms with Crippen LogP contribution in [0.25, 0.3) is 11.0 Å². The van der Waals surface area contributed by atoms with Gasteiger partial charge in [0.2, 0.25) is 0 Å². The van der Waals surface area contributed by atoms with Crippen LogP contribution in [0.5, 0.6) is 0 Å². The van der Waals surface area contributed by atoms with Gasteiger partial charge in [0.1, 0.15) is 23.6 Å². The Morgan fingerprint density at radius 2 is 2.11 bits per heavy atom. The highest BCUT2D eigenvalue weighted by molar-refractivity contribution is 7.90. The molecule has 4 rings (SSSR count). The number of rotatable bonds is 5. The van der Waals surface area contributed by atoms with E-state index in [9.17, 15) is 8.42 Å². The topological polar surface area (TPSA) is 95.1 Å². The fourth-order valence-electron chi connectivity index (χ4n) is 3.67. The summed E-state index contributed by atoms with van der Waals surface area (Å²) in [5.41, 5.74) is 0.842. The molecule has 0 radical (unpaired) electrons. The lowest BCUT2D eigenvalue weighted by Gasteiger charge is -2.29. The second kappa shape index (κ2) is 6.80. The number of aromatic amines is 1. The summed E-state index contributed by atoms with van der Waals surface area (Å²) in [5.74, 6) is 1.74. The van der Waals surface area contributed by atoms with Crippen molar-refractivity contribution in [3.05, 3.63) is 36.9 Å². The first kappa shape index (κ1) is 17.7. The maximum Gasteiger partial charge on any atom is 0.177 e. The molecule has 3 aromatic heterocycles. The first-order chi connectivity index (χ1) is 13.0. The first-order valence-electron chi connectivity index (χ1n) is 8.93. The van der Waals surface area contributed by atoms with Crippen molar-refractivity contribution < 1.29 is 8.42 Å². The van der Waals surface area contributed by atoms with Crippen LogP contribution in [-0.2, 0) is 9.84 Å². The molecule has 0 unspecified atom stereocenters. The van der Waals surface area contributed by atoms with E-state index in [0.29, 0.717) is 0 Å². The molecule has 1 N–H and O–H groups in total. The quantitative estimate of drug-likeness (QED) is 0.715. The lowest BCUT2D eigenvalue weighted by molar-refractivity contribution is 0.601. The van der Waals surface area contributed by atoms with Crippen LogP contribution in [0.3, 0.4) is 0 Å². The zero-order valence-corrected chi connectivity index (χ0v) is 16.1. The van der Waals surface area contributed by atoms with Crippen LogP contribution in [0, 0.1) is 0 Å². The summed E-state index contributed by atoms with van der Waals surface area (Å²) in [4.78, 5) is 21.0. The van der Waals surface area contributed by atoms with E-state index in [2.05, 4.69) is 36.7 Å². The summed E-state index contributed by atoms with van der Waals surface area (Å²) in [6.45, 7) is 4.62. The van der Waals surface area contributed by atoms with Gasteiger partial charge in [0.05, 0.1) is 10.3 Å². The number of hydrogen-bond acceptors (Lipinski definition) is 7. The molecule has 1 saturated heterocycles. The van der Waals surface area contributed by atoms with Gasteiger partial charge in [-0.2, -0.15) is 0 Å². The molecule has 0 aromatic carbocycles. The number of anilines is 2. The molecular weight excluding hydrogens is 364 g/mol. The summed E-state index contributed by atoms with van der Waals surface area (Å²) in [6.07, 6.45) is 7.08. The van der Waals surface area contributed by atoms with Crippen molar-refractivity contribution in [3.63, 3.8) is 0 Å². The Balaban J connectivity index is 1.55. The van der Waals surface area contributed by atoms with Gasteiger partial charge in [-0.15, -0.1) is 0 Å². The Morgan fingerprint density at radius 1 is 1.26 bits per heavy atom. The van der Waals surface area contributed by atoms with Gasteiger partial charge in [0.25, 0.3) is 0 Å². The highest BCUT2D eigenvalue weighted by atomic mass is 32.2. The Labute approximate surface area is 158 Å². The minimum Gasteiger partial charge on any atom is -0.354 e. The molecule has 3 aromatic rings. The van der Waals surface area contributed by atoms with Gasteiger partial charge in [-0.1, -0.05) is 0 Å². The van der Waals surface area contributed by atoms with Crippen LogP contribution >= 0.6 is 0 Å². The van der Waals surface area contributed by atoms with Crippen molar-refractivity contribution in [2.24, 2.45) is 0 Å². The molecule has 1 aliphatic heterocycles. The van der Waals surface area contributed by atoms with E-state index >= 15 is 0 Å². The van der Waals surface area contributed by atoms with Gasteiger partial charge < -0.3 is 14.8 Å². The summed E-state index contributed by atoms with van der Waals surface area (Å²) < 4.78 is 23.3. The SMILES string of the molecule is CCN(c1ccc(S(C)(=O)=O)cn1)[C@@H]1CCN(c2ncnc3[nH]ccc23)C1. The van der Waals surface area contributed by atoms with E-state index in [1.807, 2.05) is 12.3 Å². The van der Waals surface area contributed by atoms with E-state index in [0.717, 1.165) is 48.7 Å². The van der Waals surface area contributed by atoms with Crippen LogP contribution in [0.15, 0.2) is 41.8 Å². The number of H-pyrrole nitrogens is 1. The van der Waals surface area contributed by atoms with Crippen molar-refractivity contribution in [2.75, 3.05) is 35.7 Å². The zero-order valence-electron chi connectivity index (χ0n) is 15.3. The second-order valence-electron chi connectivity index (χ2n) is 6.74. The lowest BCUT2D eigenvalue weighted by atomic mass is 10.2. The van der Waals surface area contributed by atoms with Crippen molar-refractivity contribution in [2.45, 2.75) is 24.3 Å². The Bertz CT molecular complexity index is 1050. The molecule has 4 heterocycles. The summed E-state index contributed by atoms with van der Waals surface area (Å²) in [7, 11) is -3.24. The summed E-state index contributed by atoms with van der Waals surface area (Å²) in [5, 5.41) is 1.02. The highest BCUT2D eigenvalue weighted by Crippen LogP contribution is 2.28. The molecule has 0 amide bonds. The van der Waals surface area contributed by atoms with Gasteiger partial charge in [-0.05, 0) is 31.5 Å². The zero-order chi connectivity index (χ0) is 19.0. The number of nitrogens with zero attached hydrogens (tertiary/aromatic N) is 5. The molecular formula is C18H22N6O2S. The number of likely N-dealkylation sites (N-methyl/N-ethyl adjacent to an activating group) is 1. The van der Waals surface area contributed by atoms with Gasteiger partial charge in [-0.3, -0.25) is 0 Å². The van der Waals surface area contributed by atoms with Crippen molar-refractivity contribution >= 4 is 32.5 Å². The van der Waals surface area contributed by atoms with Crippen LogP contribution < -0.4 is 9.80 Å². The predicted octanol–water partition coefficient (Wildman–Crippen LogP) is 1.86. The molecule has 9 heteroatoms. The average Bonchev–Trinajstić information content (AvgIpc) is 3.31. The standard InChI is InChI=1S/C18H22N6O2S/c1-3-24(16-5-4-14(10-20-16)27(2,25)26)13-7-9-23(11-13)18-15-6-8-19-17(15)21-12-22-18/h4-6,8,10,12-13H,3,7,9,11H2,1-2H3,(H,19,21,22)/t13-/m1/s1. The van der Waals surface area contributed by atoms with E-state index in [1.165, 1.54) is 12.5 Å². The predicted molar refractivity (Wildman–Crippen MR) is 105 cm³/mol. The smallest absolute Gasteiger partial charge is 0.177 e. The molecule has 0 saturated carbocycles. The number of fused-ring (bicyclic) bond motifs is 1. The monoisotopic (exact) mass is 386 g/mol. The maximum atomic E-state index is 11.6. The summed E-state index contributed by atoms with van der Waals surface area (Å²) >= 11 is 0. The molecule has 0 spiro atoms. The third-order valence-electron chi connectivity index (χ3n) is 5.02. The van der Waals surface area contributed by atoms with Gasteiger partial charge >= 0.3 is 0 Å². The molecule has 1 atom stereocenters. The molecule has 1 fully saturated rings. The molecule has 1 aliphatic rings. The first-order valence-corrected chi connectivity index (χ1v) is 10.8. The van der Waals surface area contributed by atoms with Gasteiger partial charge in [0, 0.05) is 44.3 Å². The van der Waals surface area contributed by atoms with Crippen LogP contribution in [0.2, 0.25) is 0 Å².